The molecule has 0 bridgehead atoms. The van der Waals surface area contributed by atoms with Crippen molar-refractivity contribution in [2.75, 3.05) is 19.7 Å². The predicted molar refractivity (Wildman–Crippen MR) is 91.1 cm³/mol. The quantitative estimate of drug-likeness (QED) is 0.348. The van der Waals surface area contributed by atoms with Gasteiger partial charge in [0.2, 0.25) is 0 Å². The van der Waals surface area contributed by atoms with Crippen molar-refractivity contribution in [1.82, 2.24) is 0 Å². The molecule has 0 saturated carbocycles. The van der Waals surface area contributed by atoms with Crippen molar-refractivity contribution in [2.45, 2.75) is 50.7 Å². The Morgan fingerprint density at radius 1 is 1.14 bits per heavy atom. The molecule has 122 valence electrons. The van der Waals surface area contributed by atoms with E-state index in [0.29, 0.717) is 6.61 Å². The molecule has 2 rings (SSSR count). The van der Waals surface area contributed by atoms with Crippen LogP contribution in [-0.2, 0) is 14.0 Å². The van der Waals surface area contributed by atoms with Crippen LogP contribution in [0, 0.1) is 0 Å². The van der Waals surface area contributed by atoms with Gasteiger partial charge in [0.25, 0.3) is 0 Å². The van der Waals surface area contributed by atoms with Crippen molar-refractivity contribution in [3.63, 3.8) is 0 Å². The average molecular weight is 324 g/mol. The van der Waals surface area contributed by atoms with Crippen molar-refractivity contribution >= 4 is 24.3 Å². The lowest BCUT2D eigenvalue weighted by molar-refractivity contribution is 0.00578. The third kappa shape index (κ3) is 3.62. The van der Waals surface area contributed by atoms with E-state index >= 15 is 0 Å². The molecule has 1 aliphatic heterocycles. The maximum absolute atomic E-state index is 6.12. The van der Waals surface area contributed by atoms with Crippen molar-refractivity contribution in [2.24, 2.45) is 0 Å². The number of benzene rings is 1. The minimum atomic E-state index is -0.433. The van der Waals surface area contributed by atoms with Gasteiger partial charge >= 0.3 is 7.12 Å². The third-order valence-corrected chi connectivity index (χ3v) is 4.96. The number of thioether (sulfide) groups is 1. The number of hydrogen-bond acceptors (Lipinski definition) is 5. The molecule has 1 aliphatic rings. The fourth-order valence-corrected chi connectivity index (χ4v) is 2.55. The predicted octanol–water partition coefficient (Wildman–Crippen LogP) is 3.08. The second kappa shape index (κ2) is 6.83. The summed E-state index contributed by atoms with van der Waals surface area (Å²) in [5.41, 5.74) is 0.163. The highest BCUT2D eigenvalue weighted by Crippen LogP contribution is 2.37. The number of rotatable bonds is 6. The Labute approximate surface area is 138 Å². The number of hydrogen-bond donors (Lipinski definition) is 0. The summed E-state index contributed by atoms with van der Waals surface area (Å²) in [4.78, 5) is 1.13. The Bertz CT molecular complexity index is 503. The molecule has 0 atom stereocenters. The lowest BCUT2D eigenvalue weighted by atomic mass is 9.78. The molecule has 1 aromatic carbocycles. The highest BCUT2D eigenvalue weighted by molar-refractivity contribution is 7.98. The molecular formula is C16H25BO4S. The first-order valence-electron chi connectivity index (χ1n) is 7.55. The summed E-state index contributed by atoms with van der Waals surface area (Å²) in [6, 6.07) is 6.07. The fourth-order valence-electron chi connectivity index (χ4n) is 2.12. The van der Waals surface area contributed by atoms with Gasteiger partial charge in [0.15, 0.2) is 6.79 Å². The van der Waals surface area contributed by atoms with Crippen LogP contribution in [0.5, 0.6) is 5.75 Å². The molecular weight excluding hydrogens is 299 g/mol. The first kappa shape index (κ1) is 17.7. The summed E-state index contributed by atoms with van der Waals surface area (Å²) >= 11 is 1.67. The van der Waals surface area contributed by atoms with Gasteiger partial charge < -0.3 is 18.8 Å². The molecule has 0 spiro atoms. The van der Waals surface area contributed by atoms with Crippen molar-refractivity contribution in [3.05, 3.63) is 18.2 Å². The molecule has 0 unspecified atom stereocenters. The van der Waals surface area contributed by atoms with E-state index in [2.05, 4.69) is 6.07 Å². The smallest absolute Gasteiger partial charge is 0.468 e. The molecule has 1 aromatic rings. The monoisotopic (exact) mass is 324 g/mol. The van der Waals surface area contributed by atoms with E-state index in [1.165, 1.54) is 0 Å². The summed E-state index contributed by atoms with van der Waals surface area (Å²) in [6.07, 6.45) is 2.04. The van der Waals surface area contributed by atoms with E-state index in [9.17, 15) is 0 Å². The van der Waals surface area contributed by atoms with Gasteiger partial charge in [-0.1, -0.05) is 6.07 Å². The largest absolute Gasteiger partial charge is 0.498 e. The fraction of sp³-hybridized carbons (Fsp3) is 0.625. The molecule has 1 saturated heterocycles. The first-order valence-corrected chi connectivity index (χ1v) is 8.77. The molecule has 0 radical (unpaired) electrons. The Hall–Kier alpha value is -0.685. The van der Waals surface area contributed by atoms with Crippen LogP contribution in [0.25, 0.3) is 0 Å². The lowest BCUT2D eigenvalue weighted by Gasteiger charge is -2.32. The minimum absolute atomic E-state index is 0.223. The van der Waals surface area contributed by atoms with E-state index in [-0.39, 0.29) is 18.0 Å². The second-order valence-corrected chi connectivity index (χ2v) is 7.13. The molecule has 1 fully saturated rings. The molecule has 0 N–H and O–H groups in total. The highest BCUT2D eigenvalue weighted by atomic mass is 32.2. The van der Waals surface area contributed by atoms with Crippen LogP contribution >= 0.6 is 11.8 Å². The summed E-state index contributed by atoms with van der Waals surface area (Å²) in [6.45, 7) is 11.0. The van der Waals surface area contributed by atoms with Gasteiger partial charge in [0.1, 0.15) is 5.75 Å². The SMILES string of the molecule is CCOCOc1cc(SC)ccc1B1OC(C)(C)C(C)(C)O1. The van der Waals surface area contributed by atoms with Crippen LogP contribution in [0.2, 0.25) is 0 Å². The van der Waals surface area contributed by atoms with Gasteiger partial charge in [-0.05, 0) is 53.0 Å². The van der Waals surface area contributed by atoms with Gasteiger partial charge in [-0.25, -0.2) is 0 Å². The van der Waals surface area contributed by atoms with Crippen LogP contribution in [0.4, 0.5) is 0 Å². The van der Waals surface area contributed by atoms with Crippen molar-refractivity contribution in [1.29, 1.82) is 0 Å². The highest BCUT2D eigenvalue weighted by Gasteiger charge is 2.52. The van der Waals surface area contributed by atoms with Crippen LogP contribution in [0.15, 0.2) is 23.1 Å². The average Bonchev–Trinajstić information content (AvgIpc) is 2.67. The molecule has 0 amide bonds. The normalized spacial score (nSPS) is 19.5. The zero-order chi connectivity index (χ0) is 16.4. The molecule has 0 aromatic heterocycles. The Kier molecular flexibility index (Phi) is 5.48. The Morgan fingerprint density at radius 2 is 1.77 bits per heavy atom. The summed E-state index contributed by atoms with van der Waals surface area (Å²) in [5.74, 6) is 0.749. The van der Waals surface area contributed by atoms with Gasteiger partial charge in [-0.15, -0.1) is 11.8 Å². The summed E-state index contributed by atoms with van der Waals surface area (Å²) in [7, 11) is -0.433. The molecule has 6 heteroatoms. The molecule has 4 nitrogen and oxygen atoms in total. The lowest BCUT2D eigenvalue weighted by Crippen LogP contribution is -2.41. The van der Waals surface area contributed by atoms with E-state index in [0.717, 1.165) is 16.1 Å². The molecule has 0 aliphatic carbocycles. The van der Waals surface area contributed by atoms with Crippen molar-refractivity contribution < 1.29 is 18.8 Å². The van der Waals surface area contributed by atoms with Crippen LogP contribution < -0.4 is 10.2 Å². The maximum Gasteiger partial charge on any atom is 0.498 e. The van der Waals surface area contributed by atoms with E-state index < -0.39 is 7.12 Å². The van der Waals surface area contributed by atoms with Crippen LogP contribution in [0.1, 0.15) is 34.6 Å². The summed E-state index contributed by atoms with van der Waals surface area (Å²) in [5, 5.41) is 0. The topological polar surface area (TPSA) is 36.9 Å². The molecule has 22 heavy (non-hydrogen) atoms. The standard InChI is InChI=1S/C16H25BO4S/c1-7-18-11-19-14-10-12(22-6)8-9-13(14)17-20-15(2,3)16(4,5)21-17/h8-10H,7,11H2,1-6H3. The van der Waals surface area contributed by atoms with E-state index in [4.69, 9.17) is 18.8 Å². The van der Waals surface area contributed by atoms with E-state index in [1.54, 1.807) is 11.8 Å². The summed E-state index contributed by atoms with van der Waals surface area (Å²) < 4.78 is 23.3. The Morgan fingerprint density at radius 3 is 2.32 bits per heavy atom. The third-order valence-electron chi connectivity index (χ3n) is 4.23. The minimum Gasteiger partial charge on any atom is -0.468 e. The maximum atomic E-state index is 6.12. The van der Waals surface area contributed by atoms with E-state index in [1.807, 2.05) is 53.0 Å². The van der Waals surface area contributed by atoms with Crippen LogP contribution in [0.3, 0.4) is 0 Å². The first-order chi connectivity index (χ1) is 10.3. The Balaban J connectivity index is 2.26. The van der Waals surface area contributed by atoms with Gasteiger partial charge in [-0.2, -0.15) is 0 Å². The second-order valence-electron chi connectivity index (χ2n) is 6.25. The zero-order valence-corrected chi connectivity index (χ0v) is 15.1. The van der Waals surface area contributed by atoms with Gasteiger partial charge in [0.05, 0.1) is 11.2 Å². The van der Waals surface area contributed by atoms with Gasteiger partial charge in [0, 0.05) is 17.0 Å². The van der Waals surface area contributed by atoms with Crippen molar-refractivity contribution in [3.8, 4) is 5.75 Å². The van der Waals surface area contributed by atoms with Gasteiger partial charge in [-0.3, -0.25) is 0 Å². The zero-order valence-electron chi connectivity index (χ0n) is 14.3. The van der Waals surface area contributed by atoms with Crippen LogP contribution in [-0.4, -0.2) is 38.0 Å². The molecule has 1 heterocycles. The number of ether oxygens (including phenoxy) is 2.